The van der Waals surface area contributed by atoms with Crippen LogP contribution in [-0.2, 0) is 26.0 Å². The molecule has 1 saturated carbocycles. The molecule has 1 aliphatic carbocycles. The van der Waals surface area contributed by atoms with Crippen LogP contribution in [-0.4, -0.2) is 41.6 Å². The molecule has 7 nitrogen and oxygen atoms in total. The first-order valence-electron chi connectivity index (χ1n) is 12.1. The topological polar surface area (TPSA) is 95.9 Å². The van der Waals surface area contributed by atoms with Crippen LogP contribution in [0.25, 0.3) is 0 Å². The molecule has 0 unspecified atom stereocenters. The maximum absolute atomic E-state index is 13.4. The van der Waals surface area contributed by atoms with E-state index in [0.717, 1.165) is 61.4 Å². The third kappa shape index (κ3) is 6.13. The van der Waals surface area contributed by atoms with Crippen LogP contribution in [0.5, 0.6) is 0 Å². The van der Waals surface area contributed by atoms with E-state index in [0.29, 0.717) is 5.69 Å². The van der Waals surface area contributed by atoms with Gasteiger partial charge in [-0.15, -0.1) is 4.40 Å². The first kappa shape index (κ1) is 25.4. The molecule has 1 atom stereocenters. The summed E-state index contributed by atoms with van der Waals surface area (Å²) in [4.78, 5) is 27.7. The lowest BCUT2D eigenvalue weighted by atomic mass is 9.94. The predicted molar refractivity (Wildman–Crippen MR) is 140 cm³/mol. The fourth-order valence-corrected chi connectivity index (χ4v) is 6.83. The number of hydrogen-bond donors (Lipinski definition) is 1. The van der Waals surface area contributed by atoms with Crippen LogP contribution in [0.1, 0.15) is 56.6 Å². The molecule has 0 aromatic heterocycles. The van der Waals surface area contributed by atoms with E-state index in [1.165, 1.54) is 0 Å². The minimum Gasteiger partial charge on any atom is -0.326 e. The van der Waals surface area contributed by atoms with E-state index in [1.807, 2.05) is 38.1 Å². The highest BCUT2D eigenvalue weighted by molar-refractivity contribution is 8.16. The van der Waals surface area contributed by atoms with E-state index in [-0.39, 0.29) is 34.3 Å². The lowest BCUT2D eigenvalue weighted by Gasteiger charge is -2.30. The molecule has 0 radical (unpaired) electrons. The van der Waals surface area contributed by atoms with Crippen molar-refractivity contribution in [3.63, 3.8) is 0 Å². The van der Waals surface area contributed by atoms with Crippen molar-refractivity contribution in [2.24, 2.45) is 4.40 Å². The molecule has 1 heterocycles. The van der Waals surface area contributed by atoms with Crippen LogP contribution in [0.2, 0.25) is 0 Å². The first-order valence-corrected chi connectivity index (χ1v) is 14.4. The Hall–Kier alpha value is -2.65. The van der Waals surface area contributed by atoms with E-state index >= 15 is 0 Å². The molecule has 1 N–H and O–H groups in total. The van der Waals surface area contributed by atoms with Gasteiger partial charge in [0.15, 0.2) is 5.17 Å². The van der Waals surface area contributed by atoms with Crippen molar-refractivity contribution in [2.45, 2.75) is 75.0 Å². The number of anilines is 1. The molecule has 0 spiro atoms. The smallest absolute Gasteiger partial charge is 0.284 e. The second-order valence-electron chi connectivity index (χ2n) is 9.07. The average Bonchev–Trinajstić information content (AvgIpc) is 3.14. The molecule has 35 heavy (non-hydrogen) atoms. The lowest BCUT2D eigenvalue weighted by molar-refractivity contribution is -0.130. The summed E-state index contributed by atoms with van der Waals surface area (Å²) in [5.74, 6) is -0.529. The molecule has 186 valence electrons. The molecule has 2 aliphatic rings. The number of sulfonamides is 1. The summed E-state index contributed by atoms with van der Waals surface area (Å²) in [7, 11) is -4.00. The molecular formula is C26H31N3O4S2. The van der Waals surface area contributed by atoms with Gasteiger partial charge in [0.25, 0.3) is 10.0 Å². The number of carbonyl (C=O) groups excluding carboxylic acids is 2. The van der Waals surface area contributed by atoms with E-state index in [1.54, 1.807) is 29.2 Å². The zero-order chi connectivity index (χ0) is 25.0. The van der Waals surface area contributed by atoms with Gasteiger partial charge in [-0.05, 0) is 56.0 Å². The minimum absolute atomic E-state index is 0.0507. The van der Waals surface area contributed by atoms with Crippen molar-refractivity contribution < 1.29 is 18.0 Å². The second kappa shape index (κ2) is 11.0. The average molecular weight is 514 g/mol. The van der Waals surface area contributed by atoms with Gasteiger partial charge in [0.1, 0.15) is 5.25 Å². The number of aryl methyl sites for hydroxylation is 2. The SMILES string of the molecule is CCc1ccc(S(=O)(=O)N=C2S[C@H](CC(=O)Nc3ccc(C)cc3)C(=O)N2C2CCCCC2)cc1. The first-order chi connectivity index (χ1) is 16.8. The molecule has 1 aliphatic heterocycles. The van der Waals surface area contributed by atoms with E-state index in [2.05, 4.69) is 9.71 Å². The van der Waals surface area contributed by atoms with Gasteiger partial charge < -0.3 is 5.32 Å². The number of amidine groups is 1. The summed E-state index contributed by atoms with van der Waals surface area (Å²) in [6.07, 6.45) is 5.43. The van der Waals surface area contributed by atoms with Crippen LogP contribution >= 0.6 is 11.8 Å². The van der Waals surface area contributed by atoms with Gasteiger partial charge in [0, 0.05) is 18.2 Å². The Kier molecular flexibility index (Phi) is 7.96. The highest BCUT2D eigenvalue weighted by Crippen LogP contribution is 2.36. The monoisotopic (exact) mass is 513 g/mol. The van der Waals surface area contributed by atoms with Gasteiger partial charge in [0.2, 0.25) is 11.8 Å². The zero-order valence-corrected chi connectivity index (χ0v) is 21.7. The predicted octanol–water partition coefficient (Wildman–Crippen LogP) is 4.91. The molecular weight excluding hydrogens is 482 g/mol. The van der Waals surface area contributed by atoms with E-state index in [4.69, 9.17) is 0 Å². The van der Waals surface area contributed by atoms with Crippen molar-refractivity contribution in [3.05, 3.63) is 59.7 Å². The number of nitrogens with one attached hydrogen (secondary N) is 1. The number of carbonyl (C=O) groups is 2. The quantitative estimate of drug-likeness (QED) is 0.568. The Bertz CT molecular complexity index is 1200. The van der Waals surface area contributed by atoms with E-state index in [9.17, 15) is 18.0 Å². The fraction of sp³-hybridized carbons (Fsp3) is 0.423. The summed E-state index contributed by atoms with van der Waals surface area (Å²) < 4.78 is 30.3. The van der Waals surface area contributed by atoms with Gasteiger partial charge in [0.05, 0.1) is 4.90 Å². The van der Waals surface area contributed by atoms with Crippen LogP contribution in [0, 0.1) is 6.92 Å². The third-order valence-corrected chi connectivity index (χ3v) is 8.99. The van der Waals surface area contributed by atoms with Crippen LogP contribution < -0.4 is 5.32 Å². The Morgan fingerprint density at radius 2 is 1.71 bits per heavy atom. The summed E-state index contributed by atoms with van der Waals surface area (Å²) in [5, 5.41) is 2.30. The van der Waals surface area contributed by atoms with Crippen molar-refractivity contribution in [2.75, 3.05) is 5.32 Å². The standard InChI is InChI=1S/C26H31N3O4S2/c1-3-19-11-15-22(16-12-19)35(32,33)28-26-29(21-7-5-4-6-8-21)25(31)23(34-26)17-24(30)27-20-13-9-18(2)10-14-20/h9-16,21,23H,3-8,17H2,1-2H3,(H,27,30)/t23-/m1/s1. The molecule has 2 amide bonds. The Morgan fingerprint density at radius 3 is 2.34 bits per heavy atom. The van der Waals surface area contributed by atoms with Crippen LogP contribution in [0.4, 0.5) is 5.69 Å². The maximum Gasteiger partial charge on any atom is 0.284 e. The Balaban J connectivity index is 1.57. The van der Waals surface area contributed by atoms with E-state index < -0.39 is 15.3 Å². The largest absolute Gasteiger partial charge is 0.326 e. The van der Waals surface area contributed by atoms with Crippen molar-refractivity contribution in [1.29, 1.82) is 0 Å². The third-order valence-electron chi connectivity index (χ3n) is 6.44. The summed E-state index contributed by atoms with van der Waals surface area (Å²) in [6.45, 7) is 3.97. The number of rotatable bonds is 7. The Labute approximate surface area is 211 Å². The second-order valence-corrected chi connectivity index (χ2v) is 11.8. The molecule has 1 saturated heterocycles. The van der Waals surface area contributed by atoms with Gasteiger partial charge >= 0.3 is 0 Å². The molecule has 9 heteroatoms. The van der Waals surface area contributed by atoms with Gasteiger partial charge in [-0.3, -0.25) is 14.5 Å². The van der Waals surface area contributed by atoms with Gasteiger partial charge in [-0.2, -0.15) is 8.42 Å². The number of thioether (sulfide) groups is 1. The zero-order valence-electron chi connectivity index (χ0n) is 20.1. The number of hydrogen-bond acceptors (Lipinski definition) is 5. The number of amides is 2. The number of nitrogens with zero attached hydrogens (tertiary/aromatic N) is 2. The highest BCUT2D eigenvalue weighted by atomic mass is 32.2. The summed E-state index contributed by atoms with van der Waals surface area (Å²) in [6, 6.07) is 14.0. The molecule has 4 rings (SSSR count). The molecule has 0 bridgehead atoms. The minimum atomic E-state index is -4.00. The normalized spacial score (nSPS) is 20.4. The van der Waals surface area contributed by atoms with Crippen LogP contribution in [0.15, 0.2) is 57.8 Å². The summed E-state index contributed by atoms with van der Waals surface area (Å²) >= 11 is 1.08. The van der Waals surface area contributed by atoms with Gasteiger partial charge in [-0.1, -0.05) is 67.8 Å². The molecule has 2 aromatic carbocycles. The van der Waals surface area contributed by atoms with Crippen molar-refractivity contribution in [3.8, 4) is 0 Å². The highest BCUT2D eigenvalue weighted by Gasteiger charge is 2.43. The van der Waals surface area contributed by atoms with Crippen molar-refractivity contribution >= 4 is 44.5 Å². The number of benzene rings is 2. The lowest BCUT2D eigenvalue weighted by Crippen LogP contribution is -2.42. The van der Waals surface area contributed by atoms with Crippen LogP contribution in [0.3, 0.4) is 0 Å². The molecule has 2 fully saturated rings. The van der Waals surface area contributed by atoms with Crippen molar-refractivity contribution in [1.82, 2.24) is 4.90 Å². The molecule has 2 aromatic rings. The summed E-state index contributed by atoms with van der Waals surface area (Å²) in [5.41, 5.74) is 2.77. The maximum atomic E-state index is 13.4. The Morgan fingerprint density at radius 1 is 1.06 bits per heavy atom. The fourth-order valence-electron chi connectivity index (χ4n) is 4.42. The van der Waals surface area contributed by atoms with Gasteiger partial charge in [-0.25, -0.2) is 0 Å².